The monoisotopic (exact) mass is 466 g/mol. The van der Waals surface area contributed by atoms with Crippen LogP contribution in [0, 0.1) is 0 Å². The van der Waals surface area contributed by atoms with Crippen LogP contribution in [0.15, 0.2) is 24.3 Å². The molecule has 0 saturated heterocycles. The summed E-state index contributed by atoms with van der Waals surface area (Å²) in [4.78, 5) is 22.2. The molecule has 0 heterocycles. The van der Waals surface area contributed by atoms with Gasteiger partial charge in [-0.1, -0.05) is 13.2 Å². The van der Waals surface area contributed by atoms with Crippen molar-refractivity contribution in [3.05, 3.63) is 24.3 Å². The first-order valence-electron chi connectivity index (χ1n) is 9.96. The molecule has 0 aromatic carbocycles. The number of quaternary nitrogens is 2. The standard InChI is InChI=1S/2C10H20N2O.H2O4S/c2*1-6-12(4,5)8-7-11-10(13)9(2)3;1-5(2,3)4/h2*2,6-8H2,1,3-5H3;(H2,1,2,3,4). The van der Waals surface area contributed by atoms with Crippen molar-refractivity contribution in [3.63, 3.8) is 0 Å². The molecule has 0 aliphatic rings. The van der Waals surface area contributed by atoms with Crippen LogP contribution in [0.4, 0.5) is 0 Å². The number of rotatable bonds is 10. The summed E-state index contributed by atoms with van der Waals surface area (Å²) < 4.78 is 35.9. The molecule has 0 aromatic rings. The normalized spacial score (nSPS) is 11.2. The highest BCUT2D eigenvalue weighted by atomic mass is 32.3. The fourth-order valence-electron chi connectivity index (χ4n) is 1.56. The highest BCUT2D eigenvalue weighted by Gasteiger charge is 2.12. The maximum Gasteiger partial charge on any atom is 0.246 e. The summed E-state index contributed by atoms with van der Waals surface area (Å²) in [7, 11) is 3.42. The van der Waals surface area contributed by atoms with Crippen molar-refractivity contribution < 1.29 is 36.1 Å². The van der Waals surface area contributed by atoms with Crippen molar-refractivity contribution in [2.45, 2.75) is 27.7 Å². The summed E-state index contributed by atoms with van der Waals surface area (Å²) in [6.45, 7) is 20.3. The van der Waals surface area contributed by atoms with E-state index in [4.69, 9.17) is 17.5 Å². The van der Waals surface area contributed by atoms with E-state index in [1.165, 1.54) is 0 Å². The van der Waals surface area contributed by atoms with Crippen molar-refractivity contribution in [1.29, 1.82) is 0 Å². The Hall–Kier alpha value is -1.79. The largest absolute Gasteiger partial charge is 0.759 e. The Bertz CT molecular complexity index is 636. The lowest BCUT2D eigenvalue weighted by Gasteiger charge is -2.28. The quantitative estimate of drug-likeness (QED) is 0.204. The topological polar surface area (TPSA) is 138 Å². The van der Waals surface area contributed by atoms with E-state index < -0.39 is 10.4 Å². The molecule has 31 heavy (non-hydrogen) atoms. The van der Waals surface area contributed by atoms with Crippen LogP contribution in [0.5, 0.6) is 0 Å². The van der Waals surface area contributed by atoms with E-state index in [0.29, 0.717) is 24.2 Å². The molecule has 0 atom stereocenters. The van der Waals surface area contributed by atoms with E-state index in [1.807, 2.05) is 0 Å². The molecule has 0 aliphatic heterocycles. The van der Waals surface area contributed by atoms with Gasteiger partial charge in [-0.2, -0.15) is 0 Å². The lowest BCUT2D eigenvalue weighted by molar-refractivity contribution is -0.887. The molecule has 0 radical (unpaired) electrons. The summed E-state index contributed by atoms with van der Waals surface area (Å²) in [5, 5.41) is 5.64. The van der Waals surface area contributed by atoms with Crippen LogP contribution in [0.25, 0.3) is 0 Å². The average molecular weight is 467 g/mol. The van der Waals surface area contributed by atoms with Gasteiger partial charge >= 0.3 is 0 Å². The smallest absolute Gasteiger partial charge is 0.246 e. The second-order valence-electron chi connectivity index (χ2n) is 8.43. The number of amides is 2. The van der Waals surface area contributed by atoms with Crippen molar-refractivity contribution >= 4 is 22.2 Å². The zero-order valence-corrected chi connectivity index (χ0v) is 21.2. The van der Waals surface area contributed by atoms with Crippen molar-refractivity contribution in [3.8, 4) is 0 Å². The van der Waals surface area contributed by atoms with Crippen LogP contribution >= 0.6 is 0 Å². The predicted molar refractivity (Wildman–Crippen MR) is 121 cm³/mol. The molecule has 0 unspecified atom stereocenters. The van der Waals surface area contributed by atoms with Gasteiger partial charge in [-0.05, 0) is 27.7 Å². The van der Waals surface area contributed by atoms with Crippen LogP contribution in [0.3, 0.4) is 0 Å². The van der Waals surface area contributed by atoms with Gasteiger partial charge in [-0.15, -0.1) is 0 Å². The van der Waals surface area contributed by atoms with Gasteiger partial charge in [0.05, 0.1) is 67.5 Å². The first kappa shape index (κ1) is 33.8. The van der Waals surface area contributed by atoms with E-state index in [2.05, 4.69) is 65.8 Å². The van der Waals surface area contributed by atoms with Gasteiger partial charge in [-0.25, -0.2) is 0 Å². The highest BCUT2D eigenvalue weighted by Crippen LogP contribution is 1.94. The maximum absolute atomic E-state index is 11.1. The second-order valence-corrected chi connectivity index (χ2v) is 9.25. The molecule has 10 nitrogen and oxygen atoms in total. The molecule has 0 spiro atoms. The molecule has 2 N–H and O–H groups in total. The van der Waals surface area contributed by atoms with Gasteiger partial charge in [0.25, 0.3) is 0 Å². The van der Waals surface area contributed by atoms with Gasteiger partial charge in [0.2, 0.25) is 11.8 Å². The van der Waals surface area contributed by atoms with Crippen molar-refractivity contribution in [2.75, 3.05) is 67.5 Å². The third-order valence-electron chi connectivity index (χ3n) is 4.49. The molecule has 0 bridgehead atoms. The number of likely N-dealkylation sites (N-methyl/N-ethyl adjacent to an activating group) is 2. The third-order valence-corrected chi connectivity index (χ3v) is 4.49. The summed E-state index contributed by atoms with van der Waals surface area (Å²) in [5.74, 6) is -0.0905. The van der Waals surface area contributed by atoms with Gasteiger partial charge < -0.3 is 28.7 Å². The van der Waals surface area contributed by atoms with Crippen molar-refractivity contribution in [2.24, 2.45) is 0 Å². The van der Waals surface area contributed by atoms with Crippen LogP contribution in [-0.2, 0) is 20.0 Å². The van der Waals surface area contributed by atoms with Gasteiger partial charge in [0.15, 0.2) is 0 Å². The lowest BCUT2D eigenvalue weighted by Crippen LogP contribution is -2.45. The van der Waals surface area contributed by atoms with Crippen LogP contribution in [-0.4, -0.2) is 106 Å². The van der Waals surface area contributed by atoms with E-state index >= 15 is 0 Å². The fourth-order valence-corrected chi connectivity index (χ4v) is 1.56. The molecule has 184 valence electrons. The number of hydrogen-bond acceptors (Lipinski definition) is 6. The first-order valence-corrected chi connectivity index (χ1v) is 11.3. The summed E-state index contributed by atoms with van der Waals surface area (Å²) in [5.41, 5.74) is 1.14. The fraction of sp³-hybridized carbons (Fsp3) is 0.700. The molecule has 0 aromatic heterocycles. The van der Waals surface area contributed by atoms with E-state index in [0.717, 1.165) is 35.1 Å². The molecular formula is C20H42N4O6S. The zero-order chi connectivity index (χ0) is 25.5. The third kappa shape index (κ3) is 28.2. The van der Waals surface area contributed by atoms with E-state index in [-0.39, 0.29) is 11.8 Å². The number of hydrogen-bond donors (Lipinski definition) is 2. The minimum Gasteiger partial charge on any atom is -0.759 e. The maximum atomic E-state index is 11.1. The van der Waals surface area contributed by atoms with Crippen molar-refractivity contribution in [1.82, 2.24) is 10.6 Å². The first-order chi connectivity index (χ1) is 13.8. The van der Waals surface area contributed by atoms with Crippen LogP contribution in [0.1, 0.15) is 27.7 Å². The molecular weight excluding hydrogens is 424 g/mol. The molecule has 11 heteroatoms. The van der Waals surface area contributed by atoms with Gasteiger partial charge in [0.1, 0.15) is 0 Å². The number of carbonyl (C=O) groups is 2. The molecule has 2 amide bonds. The molecule has 0 aliphatic carbocycles. The highest BCUT2D eigenvalue weighted by molar-refractivity contribution is 7.79. The van der Waals surface area contributed by atoms with E-state index in [9.17, 15) is 9.59 Å². The number of nitrogens with zero attached hydrogens (tertiary/aromatic N) is 2. The summed E-state index contributed by atoms with van der Waals surface area (Å²) in [6, 6.07) is 0. The van der Waals surface area contributed by atoms with Crippen LogP contribution < -0.4 is 10.6 Å². The minimum atomic E-state index is -5.17. The van der Waals surface area contributed by atoms with Gasteiger partial charge in [-0.3, -0.25) is 18.0 Å². The predicted octanol–water partition coefficient (Wildman–Crippen LogP) is 0.212. The summed E-state index contributed by atoms with van der Waals surface area (Å²) >= 11 is 0. The Morgan fingerprint density at radius 3 is 1.16 bits per heavy atom. The van der Waals surface area contributed by atoms with Crippen LogP contribution in [0.2, 0.25) is 0 Å². The Kier molecular flexibility index (Phi) is 17.4. The Labute approximate surface area is 188 Å². The molecule has 0 rings (SSSR count). The average Bonchev–Trinajstić information content (AvgIpc) is 2.60. The number of carbonyl (C=O) groups excluding carboxylic acids is 2. The molecule has 0 saturated carbocycles. The Balaban J connectivity index is -0.000000416. The Morgan fingerprint density at radius 1 is 0.774 bits per heavy atom. The minimum absolute atomic E-state index is 0.0453. The summed E-state index contributed by atoms with van der Waals surface area (Å²) in [6.07, 6.45) is 0. The Morgan fingerprint density at radius 2 is 1.00 bits per heavy atom. The zero-order valence-electron chi connectivity index (χ0n) is 20.4. The van der Waals surface area contributed by atoms with Gasteiger partial charge in [0, 0.05) is 21.5 Å². The molecule has 0 fully saturated rings. The number of nitrogens with one attached hydrogen (secondary N) is 2. The lowest BCUT2D eigenvalue weighted by atomic mass is 10.3. The SMILES string of the molecule is C=C(C)C(=O)NCC[N+](C)(C)CC.C=C(C)C(=O)NCC[N+](C)(C)CC.O=S(=O)([O-])[O-]. The van der Waals surface area contributed by atoms with E-state index in [1.54, 1.807) is 13.8 Å². The second kappa shape index (κ2) is 15.9.